The maximum atomic E-state index is 12.6. The average Bonchev–Trinajstić information content (AvgIpc) is 3.12. The smallest absolute Gasteiger partial charge is 0.408 e. The predicted octanol–water partition coefficient (Wildman–Crippen LogP) is 5.16. The summed E-state index contributed by atoms with van der Waals surface area (Å²) in [5, 5.41) is 3.00. The molecule has 36 heavy (non-hydrogen) atoms. The Bertz CT molecular complexity index is 849. The number of alkyl carbamates (subject to hydrolysis) is 1. The molecule has 1 amide bonds. The molecule has 1 aromatic rings. The molecule has 1 N–H and O–H groups in total. The van der Waals surface area contributed by atoms with Gasteiger partial charge in [-0.1, -0.05) is 26.8 Å². The summed E-state index contributed by atoms with van der Waals surface area (Å²) < 4.78 is 27.7. The number of benzene rings is 1. The van der Waals surface area contributed by atoms with Crippen LogP contribution in [0.25, 0.3) is 0 Å². The third-order valence-corrected chi connectivity index (χ3v) is 6.38. The highest BCUT2D eigenvalue weighted by Crippen LogP contribution is 2.33. The van der Waals surface area contributed by atoms with Gasteiger partial charge in [0.1, 0.15) is 11.7 Å². The Balaban J connectivity index is 2.19. The minimum absolute atomic E-state index is 0.185. The second kappa shape index (κ2) is 13.7. The number of cyclic esters (lactones) is 1. The Morgan fingerprint density at radius 3 is 2.44 bits per heavy atom. The number of methoxy groups -OCH3 is 2. The summed E-state index contributed by atoms with van der Waals surface area (Å²) in [6, 6.07) is 5.65. The van der Waals surface area contributed by atoms with Crippen molar-refractivity contribution in [1.29, 1.82) is 0 Å². The van der Waals surface area contributed by atoms with Crippen molar-refractivity contribution in [1.82, 2.24) is 5.32 Å². The van der Waals surface area contributed by atoms with E-state index < -0.39 is 11.7 Å². The summed E-state index contributed by atoms with van der Waals surface area (Å²) in [5.41, 5.74) is 0.498. The number of rotatable bonds is 13. The van der Waals surface area contributed by atoms with Crippen LogP contribution in [-0.4, -0.2) is 57.2 Å². The van der Waals surface area contributed by atoms with Gasteiger partial charge in [-0.15, -0.1) is 0 Å². The molecule has 0 saturated carbocycles. The third-order valence-electron chi connectivity index (χ3n) is 6.38. The molecule has 0 bridgehead atoms. The van der Waals surface area contributed by atoms with Crippen LogP contribution in [0.5, 0.6) is 11.5 Å². The molecule has 0 aromatic heterocycles. The molecule has 1 aliphatic rings. The lowest BCUT2D eigenvalue weighted by Crippen LogP contribution is -2.47. The van der Waals surface area contributed by atoms with Gasteiger partial charge in [0.05, 0.1) is 25.7 Å². The van der Waals surface area contributed by atoms with E-state index in [-0.39, 0.29) is 30.0 Å². The molecular formula is C28H45NO7. The molecular weight excluding hydrogens is 462 g/mol. The number of hydrogen-bond donors (Lipinski definition) is 1. The summed E-state index contributed by atoms with van der Waals surface area (Å²) in [6.45, 7) is 12.9. The Kier molecular flexibility index (Phi) is 11.3. The summed E-state index contributed by atoms with van der Waals surface area (Å²) >= 11 is 0. The molecule has 1 heterocycles. The standard InChI is InChI=1S/C28H45NO7/c1-18(2)21(15-20-10-11-23(33-8)25(16-20)34-13-9-12-32-7)17-22(24-14-19(3)26(30)35-24)29-27(31)36-28(4,5)6/h10-11,16,18-19,21-22,24H,9,12-15,17H2,1-8H3,(H,29,31)/t19?,21-,22?,24+/m0/s1. The number of carbonyl (C=O) groups is 2. The first-order chi connectivity index (χ1) is 16.9. The molecule has 204 valence electrons. The van der Waals surface area contributed by atoms with E-state index in [0.717, 1.165) is 18.4 Å². The topological polar surface area (TPSA) is 92.3 Å². The highest BCUT2D eigenvalue weighted by atomic mass is 16.6. The normalized spacial score (nSPS) is 19.5. The quantitative estimate of drug-likeness (QED) is 0.291. The number of esters is 1. The van der Waals surface area contributed by atoms with Crippen LogP contribution in [-0.2, 0) is 25.4 Å². The van der Waals surface area contributed by atoms with E-state index in [1.165, 1.54) is 0 Å². The maximum Gasteiger partial charge on any atom is 0.408 e. The number of hydrogen-bond acceptors (Lipinski definition) is 7. The van der Waals surface area contributed by atoms with Gasteiger partial charge in [-0.25, -0.2) is 4.79 Å². The third kappa shape index (κ3) is 9.52. The largest absolute Gasteiger partial charge is 0.493 e. The molecule has 0 radical (unpaired) electrons. The lowest BCUT2D eigenvalue weighted by molar-refractivity contribution is -0.145. The lowest BCUT2D eigenvalue weighted by atomic mass is 9.82. The molecule has 1 saturated heterocycles. The Labute approximate surface area is 216 Å². The Morgan fingerprint density at radius 2 is 1.89 bits per heavy atom. The molecule has 1 aromatic carbocycles. The summed E-state index contributed by atoms with van der Waals surface area (Å²) in [6.07, 6.45) is 1.91. The fraction of sp³-hybridized carbons (Fsp3) is 0.714. The van der Waals surface area contributed by atoms with E-state index in [1.54, 1.807) is 14.2 Å². The van der Waals surface area contributed by atoms with Crippen LogP contribution in [0.1, 0.15) is 66.4 Å². The Morgan fingerprint density at radius 1 is 1.17 bits per heavy atom. The second-order valence-electron chi connectivity index (χ2n) is 11.0. The summed E-state index contributed by atoms with van der Waals surface area (Å²) in [7, 11) is 3.30. The van der Waals surface area contributed by atoms with Gasteiger partial charge in [0.25, 0.3) is 0 Å². The van der Waals surface area contributed by atoms with Gasteiger partial charge >= 0.3 is 12.1 Å². The van der Waals surface area contributed by atoms with Crippen LogP contribution in [0.2, 0.25) is 0 Å². The fourth-order valence-corrected chi connectivity index (χ4v) is 4.33. The number of carbonyl (C=O) groups excluding carboxylic acids is 2. The van der Waals surface area contributed by atoms with Gasteiger partial charge < -0.3 is 29.0 Å². The van der Waals surface area contributed by atoms with Crippen LogP contribution in [0.15, 0.2) is 18.2 Å². The van der Waals surface area contributed by atoms with Gasteiger partial charge in [-0.3, -0.25) is 4.79 Å². The SMILES string of the molecule is COCCCOc1cc(C[C@@H](CC(NC(=O)OC(C)(C)C)[C@H]2CC(C)C(=O)O2)C(C)C)ccc1OC. The molecule has 8 nitrogen and oxygen atoms in total. The average molecular weight is 508 g/mol. The summed E-state index contributed by atoms with van der Waals surface area (Å²) in [5.74, 6) is 1.53. The molecule has 2 rings (SSSR count). The van der Waals surface area contributed by atoms with Crippen LogP contribution < -0.4 is 14.8 Å². The molecule has 1 fully saturated rings. The van der Waals surface area contributed by atoms with Crippen molar-refractivity contribution in [3.63, 3.8) is 0 Å². The molecule has 0 aliphatic carbocycles. The minimum Gasteiger partial charge on any atom is -0.493 e. The lowest BCUT2D eigenvalue weighted by Gasteiger charge is -2.31. The molecule has 4 atom stereocenters. The van der Waals surface area contributed by atoms with Gasteiger partial charge in [0, 0.05) is 20.1 Å². The zero-order chi connectivity index (χ0) is 26.9. The van der Waals surface area contributed by atoms with E-state index in [9.17, 15) is 9.59 Å². The number of nitrogens with one attached hydrogen (secondary N) is 1. The molecule has 8 heteroatoms. The van der Waals surface area contributed by atoms with E-state index in [2.05, 4.69) is 19.2 Å². The predicted molar refractivity (Wildman–Crippen MR) is 138 cm³/mol. The van der Waals surface area contributed by atoms with E-state index in [1.807, 2.05) is 45.9 Å². The second-order valence-corrected chi connectivity index (χ2v) is 11.0. The first kappa shape index (κ1) is 29.7. The van der Waals surface area contributed by atoms with Gasteiger partial charge in [0.2, 0.25) is 0 Å². The van der Waals surface area contributed by atoms with Crippen molar-refractivity contribution >= 4 is 12.1 Å². The zero-order valence-electron chi connectivity index (χ0n) is 23.2. The van der Waals surface area contributed by atoms with Crippen LogP contribution >= 0.6 is 0 Å². The first-order valence-corrected chi connectivity index (χ1v) is 12.9. The maximum absolute atomic E-state index is 12.6. The van der Waals surface area contributed by atoms with Gasteiger partial charge in [-0.05, 0) is 69.6 Å². The summed E-state index contributed by atoms with van der Waals surface area (Å²) in [4.78, 5) is 24.8. The van der Waals surface area contributed by atoms with Crippen molar-refractivity contribution in [2.45, 2.75) is 85.0 Å². The van der Waals surface area contributed by atoms with E-state index in [0.29, 0.717) is 43.5 Å². The van der Waals surface area contributed by atoms with E-state index >= 15 is 0 Å². The van der Waals surface area contributed by atoms with Crippen molar-refractivity contribution < 1.29 is 33.3 Å². The first-order valence-electron chi connectivity index (χ1n) is 12.9. The molecule has 2 unspecified atom stereocenters. The van der Waals surface area contributed by atoms with Crippen molar-refractivity contribution in [2.75, 3.05) is 27.4 Å². The fourth-order valence-electron chi connectivity index (χ4n) is 4.33. The van der Waals surface area contributed by atoms with Crippen molar-refractivity contribution in [3.05, 3.63) is 23.8 Å². The highest BCUT2D eigenvalue weighted by Gasteiger charge is 2.39. The van der Waals surface area contributed by atoms with Gasteiger partial charge in [-0.2, -0.15) is 0 Å². The zero-order valence-corrected chi connectivity index (χ0v) is 23.2. The van der Waals surface area contributed by atoms with E-state index in [4.69, 9.17) is 23.7 Å². The monoisotopic (exact) mass is 507 g/mol. The van der Waals surface area contributed by atoms with Gasteiger partial charge in [0.15, 0.2) is 11.5 Å². The van der Waals surface area contributed by atoms with Crippen LogP contribution in [0.4, 0.5) is 4.79 Å². The minimum atomic E-state index is -0.617. The molecule has 0 spiro atoms. The van der Waals surface area contributed by atoms with Crippen LogP contribution in [0, 0.1) is 17.8 Å². The van der Waals surface area contributed by atoms with Crippen LogP contribution in [0.3, 0.4) is 0 Å². The Hall–Kier alpha value is -2.48. The molecule has 1 aliphatic heterocycles. The van der Waals surface area contributed by atoms with Crippen molar-refractivity contribution in [3.8, 4) is 11.5 Å². The number of amides is 1. The highest BCUT2D eigenvalue weighted by molar-refractivity contribution is 5.74. The van der Waals surface area contributed by atoms with Crippen molar-refractivity contribution in [2.24, 2.45) is 17.8 Å². The number of ether oxygens (including phenoxy) is 5.